The number of hydrogen-bond donors (Lipinski definition) is 1. The predicted octanol–water partition coefficient (Wildman–Crippen LogP) is 3.14. The Kier molecular flexibility index (Phi) is 4.09. The molecule has 0 saturated heterocycles. The Bertz CT molecular complexity index is 900. The molecule has 0 radical (unpaired) electrons. The second-order valence-electron chi connectivity index (χ2n) is 5.37. The van der Waals surface area contributed by atoms with Crippen molar-refractivity contribution in [3.63, 3.8) is 0 Å². The predicted molar refractivity (Wildman–Crippen MR) is 94.3 cm³/mol. The molecular formula is C16H17N3O2S2. The molecule has 0 aliphatic carbocycles. The molecule has 0 spiro atoms. The lowest BCUT2D eigenvalue weighted by atomic mass is 10.1. The summed E-state index contributed by atoms with van der Waals surface area (Å²) in [6.45, 7) is 2.05. The van der Waals surface area contributed by atoms with Gasteiger partial charge in [0.05, 0.1) is 21.2 Å². The third kappa shape index (κ3) is 3.21. The summed E-state index contributed by atoms with van der Waals surface area (Å²) < 4.78 is 23.8. The van der Waals surface area contributed by atoms with Crippen LogP contribution in [0.1, 0.15) is 18.5 Å². The minimum Gasteiger partial charge on any atom is -0.344 e. The average molecular weight is 347 g/mol. The highest BCUT2D eigenvalue weighted by Crippen LogP contribution is 2.32. The van der Waals surface area contributed by atoms with E-state index in [1.165, 1.54) is 12.1 Å². The van der Waals surface area contributed by atoms with Crippen LogP contribution >= 0.6 is 11.3 Å². The van der Waals surface area contributed by atoms with E-state index < -0.39 is 10.0 Å². The van der Waals surface area contributed by atoms with Crippen molar-refractivity contribution in [3.8, 4) is 0 Å². The first-order chi connectivity index (χ1) is 10.9. The third-order valence-corrected chi connectivity index (χ3v) is 5.91. The fraction of sp³-hybridized carbons (Fsp3) is 0.188. The largest absolute Gasteiger partial charge is 0.344 e. The summed E-state index contributed by atoms with van der Waals surface area (Å²) in [5.74, 6) is 0. The van der Waals surface area contributed by atoms with Crippen molar-refractivity contribution in [2.24, 2.45) is 5.14 Å². The van der Waals surface area contributed by atoms with E-state index in [1.54, 1.807) is 23.5 Å². The molecule has 1 heterocycles. The van der Waals surface area contributed by atoms with E-state index >= 15 is 0 Å². The molecule has 120 valence electrons. The van der Waals surface area contributed by atoms with Gasteiger partial charge in [0, 0.05) is 7.05 Å². The monoisotopic (exact) mass is 347 g/mol. The van der Waals surface area contributed by atoms with Gasteiger partial charge in [0.25, 0.3) is 0 Å². The molecule has 0 amide bonds. The zero-order valence-electron chi connectivity index (χ0n) is 12.8. The first kappa shape index (κ1) is 15.9. The van der Waals surface area contributed by atoms with Crippen molar-refractivity contribution in [2.45, 2.75) is 17.9 Å². The molecule has 0 aliphatic heterocycles. The Hall–Kier alpha value is -1.96. The third-order valence-electron chi connectivity index (χ3n) is 3.86. The Morgan fingerprint density at radius 3 is 2.39 bits per heavy atom. The number of sulfonamides is 1. The van der Waals surface area contributed by atoms with Crippen LogP contribution in [-0.2, 0) is 10.0 Å². The van der Waals surface area contributed by atoms with Crippen LogP contribution in [0.15, 0.2) is 53.4 Å². The molecule has 2 aromatic carbocycles. The molecule has 0 fully saturated rings. The van der Waals surface area contributed by atoms with Crippen LogP contribution in [0.25, 0.3) is 10.2 Å². The van der Waals surface area contributed by atoms with Crippen molar-refractivity contribution in [1.29, 1.82) is 0 Å². The minimum absolute atomic E-state index is 0.0603. The maximum absolute atomic E-state index is 11.3. The minimum atomic E-state index is -3.66. The van der Waals surface area contributed by atoms with Gasteiger partial charge in [0.2, 0.25) is 10.0 Å². The van der Waals surface area contributed by atoms with Crippen molar-refractivity contribution < 1.29 is 8.42 Å². The number of anilines is 1. The highest BCUT2D eigenvalue weighted by Gasteiger charge is 2.17. The standard InChI is InChI=1S/C16H17N3O2S2/c1-11(12-7-9-13(10-8-12)23(17,20)21)19(2)16-18-14-5-3-4-6-15(14)22-16/h3-11H,1-2H3,(H2,17,20,21)/t11-/m1/s1. The molecule has 1 aromatic heterocycles. The molecule has 0 bridgehead atoms. The molecule has 0 unspecified atom stereocenters. The number of rotatable bonds is 4. The molecule has 1 atom stereocenters. The fourth-order valence-corrected chi connectivity index (χ4v) is 3.86. The van der Waals surface area contributed by atoms with E-state index in [1.807, 2.05) is 25.2 Å². The summed E-state index contributed by atoms with van der Waals surface area (Å²) in [5, 5.41) is 6.06. The second-order valence-corrected chi connectivity index (χ2v) is 7.94. The van der Waals surface area contributed by atoms with Crippen molar-refractivity contribution >= 4 is 36.7 Å². The van der Waals surface area contributed by atoms with Crippen molar-refractivity contribution in [1.82, 2.24) is 4.98 Å². The van der Waals surface area contributed by atoms with E-state index in [0.717, 1.165) is 20.9 Å². The van der Waals surface area contributed by atoms with Gasteiger partial charge in [-0.15, -0.1) is 0 Å². The molecule has 23 heavy (non-hydrogen) atoms. The zero-order valence-corrected chi connectivity index (χ0v) is 14.4. The van der Waals surface area contributed by atoms with Crippen LogP contribution in [0.5, 0.6) is 0 Å². The highest BCUT2D eigenvalue weighted by atomic mass is 32.2. The van der Waals surface area contributed by atoms with E-state index in [9.17, 15) is 8.42 Å². The Balaban J connectivity index is 1.88. The number of hydrogen-bond acceptors (Lipinski definition) is 5. The van der Waals surface area contributed by atoms with Gasteiger partial charge >= 0.3 is 0 Å². The van der Waals surface area contributed by atoms with Gasteiger partial charge in [-0.2, -0.15) is 0 Å². The summed E-state index contributed by atoms with van der Waals surface area (Å²) >= 11 is 1.63. The van der Waals surface area contributed by atoms with Crippen LogP contribution < -0.4 is 10.0 Å². The summed E-state index contributed by atoms with van der Waals surface area (Å²) in [4.78, 5) is 6.85. The molecular weight excluding hydrogens is 330 g/mol. The summed E-state index contributed by atoms with van der Waals surface area (Å²) in [7, 11) is -1.68. The van der Waals surface area contributed by atoms with Crippen LogP contribution in [0.2, 0.25) is 0 Å². The van der Waals surface area contributed by atoms with Gasteiger partial charge in [0.15, 0.2) is 5.13 Å². The number of benzene rings is 2. The number of para-hydroxylation sites is 1. The van der Waals surface area contributed by atoms with E-state index in [-0.39, 0.29) is 10.9 Å². The Labute approximate surface area is 139 Å². The fourth-order valence-electron chi connectivity index (χ4n) is 2.34. The Morgan fingerprint density at radius 2 is 1.78 bits per heavy atom. The Morgan fingerprint density at radius 1 is 1.13 bits per heavy atom. The average Bonchev–Trinajstić information content (AvgIpc) is 2.96. The van der Waals surface area contributed by atoms with Crippen LogP contribution in [0.4, 0.5) is 5.13 Å². The van der Waals surface area contributed by atoms with Gasteiger partial charge in [0.1, 0.15) is 0 Å². The van der Waals surface area contributed by atoms with Gasteiger partial charge in [-0.05, 0) is 36.8 Å². The zero-order chi connectivity index (χ0) is 16.6. The molecule has 5 nitrogen and oxygen atoms in total. The highest BCUT2D eigenvalue weighted by molar-refractivity contribution is 7.89. The first-order valence-electron chi connectivity index (χ1n) is 7.07. The number of fused-ring (bicyclic) bond motifs is 1. The van der Waals surface area contributed by atoms with Crippen molar-refractivity contribution in [2.75, 3.05) is 11.9 Å². The lowest BCUT2D eigenvalue weighted by molar-refractivity contribution is 0.597. The van der Waals surface area contributed by atoms with E-state index in [2.05, 4.69) is 22.9 Å². The van der Waals surface area contributed by atoms with Gasteiger partial charge in [-0.25, -0.2) is 18.5 Å². The van der Waals surface area contributed by atoms with Crippen LogP contribution in [-0.4, -0.2) is 20.4 Å². The van der Waals surface area contributed by atoms with Crippen molar-refractivity contribution in [3.05, 3.63) is 54.1 Å². The number of aromatic nitrogens is 1. The van der Waals surface area contributed by atoms with Gasteiger partial charge < -0.3 is 4.90 Å². The SMILES string of the molecule is C[C@H](c1ccc(S(N)(=O)=O)cc1)N(C)c1nc2ccccc2s1. The van der Waals surface area contributed by atoms with E-state index in [0.29, 0.717) is 0 Å². The maximum Gasteiger partial charge on any atom is 0.238 e. The molecule has 3 aromatic rings. The molecule has 3 rings (SSSR count). The molecule has 0 aliphatic rings. The summed E-state index contributed by atoms with van der Waals surface area (Å²) in [6, 6.07) is 14.7. The summed E-state index contributed by atoms with van der Waals surface area (Å²) in [5.41, 5.74) is 1.98. The lowest BCUT2D eigenvalue weighted by Gasteiger charge is -2.24. The number of thiazole rings is 1. The van der Waals surface area contributed by atoms with Crippen LogP contribution in [0.3, 0.4) is 0 Å². The number of nitrogens with two attached hydrogens (primary N) is 1. The number of nitrogens with zero attached hydrogens (tertiary/aromatic N) is 2. The number of primary sulfonamides is 1. The van der Waals surface area contributed by atoms with E-state index in [4.69, 9.17) is 5.14 Å². The molecule has 7 heteroatoms. The van der Waals surface area contributed by atoms with Gasteiger partial charge in [-0.1, -0.05) is 35.6 Å². The topological polar surface area (TPSA) is 76.3 Å². The van der Waals surface area contributed by atoms with Gasteiger partial charge in [-0.3, -0.25) is 0 Å². The normalized spacial score (nSPS) is 13.2. The second kappa shape index (κ2) is 5.92. The maximum atomic E-state index is 11.3. The molecule has 2 N–H and O–H groups in total. The first-order valence-corrected chi connectivity index (χ1v) is 9.44. The summed E-state index contributed by atoms with van der Waals surface area (Å²) in [6.07, 6.45) is 0. The lowest BCUT2D eigenvalue weighted by Crippen LogP contribution is -2.21. The quantitative estimate of drug-likeness (QED) is 0.786. The smallest absolute Gasteiger partial charge is 0.238 e. The van der Waals surface area contributed by atoms with Crippen LogP contribution in [0, 0.1) is 0 Å². The molecule has 0 saturated carbocycles.